The van der Waals surface area contributed by atoms with Crippen molar-refractivity contribution in [1.82, 2.24) is 0 Å². The molecule has 0 bridgehead atoms. The standard InChI is InChI=1S/C16H14N2O2/c1-20-16(19)14-4-2-3-13(9-14)11-18-15-7-5-12(10-17)6-8-15/h2-9,18H,11H2,1H3. The summed E-state index contributed by atoms with van der Waals surface area (Å²) < 4.78 is 4.69. The van der Waals surface area contributed by atoms with Crippen LogP contribution in [-0.4, -0.2) is 13.1 Å². The molecule has 4 nitrogen and oxygen atoms in total. The molecule has 1 N–H and O–H groups in total. The average Bonchev–Trinajstić information content (AvgIpc) is 2.53. The van der Waals surface area contributed by atoms with Crippen LogP contribution in [0.3, 0.4) is 0 Å². The van der Waals surface area contributed by atoms with Gasteiger partial charge in [0.2, 0.25) is 0 Å². The first kappa shape index (κ1) is 13.6. The topological polar surface area (TPSA) is 62.1 Å². The van der Waals surface area contributed by atoms with Crippen LogP contribution in [0.25, 0.3) is 0 Å². The van der Waals surface area contributed by atoms with Crippen LogP contribution >= 0.6 is 0 Å². The van der Waals surface area contributed by atoms with Crippen LogP contribution < -0.4 is 5.32 Å². The molecular formula is C16H14N2O2. The fourth-order valence-electron chi connectivity index (χ4n) is 1.79. The lowest BCUT2D eigenvalue weighted by Gasteiger charge is -2.07. The van der Waals surface area contributed by atoms with E-state index >= 15 is 0 Å². The first-order valence-electron chi connectivity index (χ1n) is 6.14. The van der Waals surface area contributed by atoms with E-state index in [-0.39, 0.29) is 5.97 Å². The summed E-state index contributed by atoms with van der Waals surface area (Å²) in [6, 6.07) is 16.6. The Bertz CT molecular complexity index is 642. The SMILES string of the molecule is COC(=O)c1cccc(CNc2ccc(C#N)cc2)c1. The molecule has 0 aliphatic rings. The van der Waals surface area contributed by atoms with Crippen LogP contribution in [0.15, 0.2) is 48.5 Å². The predicted octanol–water partition coefficient (Wildman–Crippen LogP) is 2.96. The number of carbonyl (C=O) groups excluding carboxylic acids is 1. The summed E-state index contributed by atoms with van der Waals surface area (Å²) in [6.45, 7) is 0.594. The largest absolute Gasteiger partial charge is 0.465 e. The number of nitrogens with one attached hydrogen (secondary N) is 1. The Labute approximate surface area is 117 Å². The number of ether oxygens (including phenoxy) is 1. The lowest BCUT2D eigenvalue weighted by molar-refractivity contribution is 0.0600. The smallest absolute Gasteiger partial charge is 0.337 e. The Morgan fingerprint density at radius 3 is 2.65 bits per heavy atom. The van der Waals surface area contributed by atoms with Gasteiger partial charge in [-0.2, -0.15) is 5.26 Å². The quantitative estimate of drug-likeness (QED) is 0.864. The highest BCUT2D eigenvalue weighted by Crippen LogP contribution is 2.12. The van der Waals surface area contributed by atoms with Gasteiger partial charge in [-0.25, -0.2) is 4.79 Å². The first-order chi connectivity index (χ1) is 9.72. The number of rotatable bonds is 4. The molecule has 0 aromatic heterocycles. The lowest BCUT2D eigenvalue weighted by atomic mass is 10.1. The van der Waals surface area contributed by atoms with Gasteiger partial charge in [-0.05, 0) is 42.0 Å². The van der Waals surface area contributed by atoms with Crippen LogP contribution in [-0.2, 0) is 11.3 Å². The highest BCUT2D eigenvalue weighted by atomic mass is 16.5. The van der Waals surface area contributed by atoms with E-state index in [0.717, 1.165) is 11.3 Å². The molecule has 0 fully saturated rings. The molecule has 0 saturated heterocycles. The third kappa shape index (κ3) is 3.36. The molecule has 2 rings (SSSR count). The van der Waals surface area contributed by atoms with Gasteiger partial charge in [0.1, 0.15) is 0 Å². The minimum atomic E-state index is -0.342. The molecule has 0 aliphatic heterocycles. The summed E-state index contributed by atoms with van der Waals surface area (Å²) in [5, 5.41) is 12.0. The van der Waals surface area contributed by atoms with Crippen molar-refractivity contribution in [3.8, 4) is 6.07 Å². The second-order valence-electron chi connectivity index (χ2n) is 4.23. The van der Waals surface area contributed by atoms with Gasteiger partial charge in [0, 0.05) is 12.2 Å². The number of benzene rings is 2. The van der Waals surface area contributed by atoms with Crippen molar-refractivity contribution in [2.24, 2.45) is 0 Å². The third-order valence-corrected chi connectivity index (χ3v) is 2.86. The number of methoxy groups -OCH3 is 1. The van der Waals surface area contributed by atoms with Gasteiger partial charge in [0.15, 0.2) is 0 Å². The van der Waals surface area contributed by atoms with E-state index in [0.29, 0.717) is 17.7 Å². The van der Waals surface area contributed by atoms with E-state index in [1.807, 2.05) is 24.3 Å². The summed E-state index contributed by atoms with van der Waals surface area (Å²) >= 11 is 0. The van der Waals surface area contributed by atoms with Gasteiger partial charge < -0.3 is 10.1 Å². The molecule has 0 atom stereocenters. The van der Waals surface area contributed by atoms with Crippen molar-refractivity contribution >= 4 is 11.7 Å². The van der Waals surface area contributed by atoms with E-state index in [2.05, 4.69) is 16.1 Å². The van der Waals surface area contributed by atoms with Crippen LogP contribution in [0.4, 0.5) is 5.69 Å². The minimum absolute atomic E-state index is 0.342. The Kier molecular flexibility index (Phi) is 4.35. The van der Waals surface area contributed by atoms with Crippen LogP contribution in [0, 0.1) is 11.3 Å². The maximum absolute atomic E-state index is 11.4. The summed E-state index contributed by atoms with van der Waals surface area (Å²) in [7, 11) is 1.37. The second-order valence-corrected chi connectivity index (χ2v) is 4.23. The summed E-state index contributed by atoms with van der Waals surface area (Å²) in [5.41, 5.74) is 3.07. The van der Waals surface area contributed by atoms with Crippen molar-refractivity contribution in [3.63, 3.8) is 0 Å². The number of carbonyl (C=O) groups is 1. The number of nitriles is 1. The van der Waals surface area contributed by atoms with E-state index in [9.17, 15) is 4.79 Å². The van der Waals surface area contributed by atoms with E-state index < -0.39 is 0 Å². The highest BCUT2D eigenvalue weighted by Gasteiger charge is 2.05. The molecule has 2 aromatic carbocycles. The molecule has 0 saturated carbocycles. The van der Waals surface area contributed by atoms with Gasteiger partial charge in [0.05, 0.1) is 24.3 Å². The molecule has 4 heteroatoms. The Morgan fingerprint density at radius 2 is 2.00 bits per heavy atom. The van der Waals surface area contributed by atoms with Crippen molar-refractivity contribution in [1.29, 1.82) is 5.26 Å². The summed E-state index contributed by atoms with van der Waals surface area (Å²) in [4.78, 5) is 11.4. The van der Waals surface area contributed by atoms with Gasteiger partial charge in [0.25, 0.3) is 0 Å². The number of nitrogens with zero attached hydrogens (tertiary/aromatic N) is 1. The number of esters is 1. The third-order valence-electron chi connectivity index (χ3n) is 2.86. The number of hydrogen-bond donors (Lipinski definition) is 1. The fraction of sp³-hybridized carbons (Fsp3) is 0.125. The monoisotopic (exact) mass is 266 g/mol. The van der Waals surface area contributed by atoms with Crippen LogP contribution in [0.1, 0.15) is 21.5 Å². The van der Waals surface area contributed by atoms with Crippen molar-refractivity contribution < 1.29 is 9.53 Å². The molecule has 0 radical (unpaired) electrons. The van der Waals surface area contributed by atoms with Gasteiger partial charge >= 0.3 is 5.97 Å². The Balaban J connectivity index is 2.03. The minimum Gasteiger partial charge on any atom is -0.465 e. The zero-order valence-corrected chi connectivity index (χ0v) is 11.1. The second kappa shape index (κ2) is 6.39. The molecule has 0 spiro atoms. The Morgan fingerprint density at radius 1 is 1.25 bits per heavy atom. The van der Waals surface area contributed by atoms with Crippen molar-refractivity contribution in [3.05, 3.63) is 65.2 Å². The van der Waals surface area contributed by atoms with Gasteiger partial charge in [-0.15, -0.1) is 0 Å². The summed E-state index contributed by atoms with van der Waals surface area (Å²) in [5.74, 6) is -0.342. The molecular weight excluding hydrogens is 252 g/mol. The van der Waals surface area contributed by atoms with Crippen molar-refractivity contribution in [2.75, 3.05) is 12.4 Å². The van der Waals surface area contributed by atoms with Crippen molar-refractivity contribution in [2.45, 2.75) is 6.54 Å². The molecule has 0 unspecified atom stereocenters. The zero-order chi connectivity index (χ0) is 14.4. The summed E-state index contributed by atoms with van der Waals surface area (Å²) in [6.07, 6.45) is 0. The van der Waals surface area contributed by atoms with E-state index in [4.69, 9.17) is 5.26 Å². The highest BCUT2D eigenvalue weighted by molar-refractivity contribution is 5.89. The molecule has 2 aromatic rings. The maximum atomic E-state index is 11.4. The maximum Gasteiger partial charge on any atom is 0.337 e. The predicted molar refractivity (Wildman–Crippen MR) is 76.3 cm³/mol. The van der Waals surface area contributed by atoms with E-state index in [1.54, 1.807) is 24.3 Å². The molecule has 20 heavy (non-hydrogen) atoms. The zero-order valence-electron chi connectivity index (χ0n) is 11.1. The normalized spacial score (nSPS) is 9.60. The van der Waals surface area contributed by atoms with E-state index in [1.165, 1.54) is 7.11 Å². The van der Waals surface area contributed by atoms with Gasteiger partial charge in [-0.1, -0.05) is 12.1 Å². The number of hydrogen-bond acceptors (Lipinski definition) is 4. The number of anilines is 1. The molecule has 100 valence electrons. The first-order valence-corrected chi connectivity index (χ1v) is 6.14. The Hall–Kier alpha value is -2.80. The fourth-order valence-corrected chi connectivity index (χ4v) is 1.79. The lowest BCUT2D eigenvalue weighted by Crippen LogP contribution is -2.04. The molecule has 0 aliphatic carbocycles. The van der Waals surface area contributed by atoms with Gasteiger partial charge in [-0.3, -0.25) is 0 Å². The average molecular weight is 266 g/mol. The molecule has 0 heterocycles. The van der Waals surface area contributed by atoms with Crippen LogP contribution in [0.2, 0.25) is 0 Å². The molecule has 0 amide bonds. The van der Waals surface area contributed by atoms with Crippen LogP contribution in [0.5, 0.6) is 0 Å².